The molecule has 1 unspecified atom stereocenters. The summed E-state index contributed by atoms with van der Waals surface area (Å²) < 4.78 is 0. The Kier molecular flexibility index (Phi) is 3.92. The van der Waals surface area contributed by atoms with Gasteiger partial charge in [-0.25, -0.2) is 0 Å². The van der Waals surface area contributed by atoms with E-state index in [1.807, 2.05) is 0 Å². The van der Waals surface area contributed by atoms with Crippen LogP contribution in [0.15, 0.2) is 12.7 Å². The molecule has 0 spiro atoms. The number of carboxylic acids is 1. The minimum Gasteiger partial charge on any atom is -0.480 e. The Bertz CT molecular complexity index is 177. The van der Waals surface area contributed by atoms with E-state index in [-0.39, 0.29) is 0 Å². The zero-order chi connectivity index (χ0) is 9.78. The van der Waals surface area contributed by atoms with E-state index in [1.54, 1.807) is 19.9 Å². The number of carbonyl (C=O) groups is 1. The van der Waals surface area contributed by atoms with Gasteiger partial charge in [0.2, 0.25) is 0 Å². The Morgan fingerprint density at radius 1 is 1.75 bits per heavy atom. The molecule has 0 heterocycles. The van der Waals surface area contributed by atoms with Crippen LogP contribution in [0, 0.1) is 0 Å². The first-order valence-electron chi connectivity index (χ1n) is 3.68. The molecule has 0 bridgehead atoms. The van der Waals surface area contributed by atoms with Gasteiger partial charge < -0.3 is 10.2 Å². The fourth-order valence-electron chi connectivity index (χ4n) is 0.693. The number of rotatable bonds is 5. The van der Waals surface area contributed by atoms with E-state index in [0.717, 1.165) is 0 Å². The second-order valence-corrected chi connectivity index (χ2v) is 3.14. The van der Waals surface area contributed by atoms with Crippen molar-refractivity contribution < 1.29 is 15.0 Å². The predicted octanol–water partition coefficient (Wildman–Crippen LogP) is -0.0139. The molecule has 0 radical (unpaired) electrons. The van der Waals surface area contributed by atoms with Gasteiger partial charge in [-0.15, -0.1) is 6.58 Å². The normalized spacial score (nSPS) is 13.9. The van der Waals surface area contributed by atoms with E-state index in [2.05, 4.69) is 11.9 Å². The highest BCUT2D eigenvalue weighted by Gasteiger charge is 2.23. The molecule has 0 aliphatic rings. The second kappa shape index (κ2) is 4.23. The van der Waals surface area contributed by atoms with Gasteiger partial charge >= 0.3 is 5.97 Å². The van der Waals surface area contributed by atoms with Gasteiger partial charge in [0, 0.05) is 5.54 Å². The van der Waals surface area contributed by atoms with Gasteiger partial charge in [0.25, 0.3) is 0 Å². The summed E-state index contributed by atoms with van der Waals surface area (Å²) in [4.78, 5) is 10.5. The summed E-state index contributed by atoms with van der Waals surface area (Å²) in [5.41, 5.74) is -0.480. The first kappa shape index (κ1) is 11.1. The predicted molar refractivity (Wildman–Crippen MR) is 45.9 cm³/mol. The van der Waals surface area contributed by atoms with E-state index in [0.29, 0.717) is 0 Å². The molecule has 0 aromatic heterocycles. The SMILES string of the molecule is C=CC(C)(C)NC(CO)C(=O)O. The highest BCUT2D eigenvalue weighted by Crippen LogP contribution is 2.04. The van der Waals surface area contributed by atoms with Crippen molar-refractivity contribution in [2.45, 2.75) is 25.4 Å². The molecule has 0 aromatic rings. The lowest BCUT2D eigenvalue weighted by Gasteiger charge is -2.25. The maximum absolute atomic E-state index is 10.5. The lowest BCUT2D eigenvalue weighted by Crippen LogP contribution is -2.50. The fourth-order valence-corrected chi connectivity index (χ4v) is 0.693. The zero-order valence-corrected chi connectivity index (χ0v) is 7.37. The third kappa shape index (κ3) is 3.50. The Labute approximate surface area is 71.9 Å². The summed E-state index contributed by atoms with van der Waals surface area (Å²) in [6.45, 7) is 6.68. The van der Waals surface area contributed by atoms with Gasteiger partial charge in [0.15, 0.2) is 0 Å². The number of aliphatic carboxylic acids is 1. The molecule has 70 valence electrons. The Hall–Kier alpha value is -0.870. The fraction of sp³-hybridized carbons (Fsp3) is 0.625. The van der Waals surface area contributed by atoms with Gasteiger partial charge in [-0.3, -0.25) is 10.1 Å². The summed E-state index contributed by atoms with van der Waals surface area (Å²) in [5.74, 6) is -1.06. The minimum absolute atomic E-state index is 0.424. The van der Waals surface area contributed by atoms with Crippen LogP contribution in [0.5, 0.6) is 0 Å². The van der Waals surface area contributed by atoms with Crippen LogP contribution in [0.25, 0.3) is 0 Å². The first-order chi connectivity index (χ1) is 5.43. The second-order valence-electron chi connectivity index (χ2n) is 3.14. The Balaban J connectivity index is 4.20. The van der Waals surface area contributed by atoms with Crippen molar-refractivity contribution in [3.8, 4) is 0 Å². The largest absolute Gasteiger partial charge is 0.480 e. The Morgan fingerprint density at radius 2 is 2.25 bits per heavy atom. The molecule has 0 saturated carbocycles. The maximum atomic E-state index is 10.5. The van der Waals surface area contributed by atoms with Crippen LogP contribution < -0.4 is 5.32 Å². The molecular formula is C8H15NO3. The van der Waals surface area contributed by atoms with E-state index in [9.17, 15) is 4.79 Å². The minimum atomic E-state index is -1.06. The monoisotopic (exact) mass is 173 g/mol. The van der Waals surface area contributed by atoms with Crippen LogP contribution in [-0.2, 0) is 4.79 Å². The molecule has 3 N–H and O–H groups in total. The van der Waals surface area contributed by atoms with Crippen molar-refractivity contribution >= 4 is 5.97 Å². The van der Waals surface area contributed by atoms with Gasteiger partial charge in [0.1, 0.15) is 6.04 Å². The summed E-state index contributed by atoms with van der Waals surface area (Å²) in [6.07, 6.45) is 1.60. The molecular weight excluding hydrogens is 158 g/mol. The molecule has 4 nitrogen and oxygen atoms in total. The Morgan fingerprint density at radius 3 is 2.50 bits per heavy atom. The van der Waals surface area contributed by atoms with Gasteiger partial charge in [-0.05, 0) is 13.8 Å². The van der Waals surface area contributed by atoms with Crippen LogP contribution in [0.1, 0.15) is 13.8 Å². The van der Waals surface area contributed by atoms with Crippen LogP contribution in [0.2, 0.25) is 0 Å². The van der Waals surface area contributed by atoms with Gasteiger partial charge in [-0.1, -0.05) is 6.08 Å². The van der Waals surface area contributed by atoms with Crippen LogP contribution in [-0.4, -0.2) is 34.4 Å². The average molecular weight is 173 g/mol. The van der Waals surface area contributed by atoms with Crippen molar-refractivity contribution in [3.05, 3.63) is 12.7 Å². The van der Waals surface area contributed by atoms with E-state index >= 15 is 0 Å². The summed E-state index contributed by atoms with van der Waals surface area (Å²) in [5, 5.41) is 20.0. The van der Waals surface area contributed by atoms with Crippen LogP contribution in [0.3, 0.4) is 0 Å². The summed E-state index contributed by atoms with van der Waals surface area (Å²) in [6, 6.07) is -0.932. The topological polar surface area (TPSA) is 69.6 Å². The van der Waals surface area contributed by atoms with Crippen molar-refractivity contribution in [2.24, 2.45) is 0 Å². The third-order valence-corrected chi connectivity index (χ3v) is 1.54. The van der Waals surface area contributed by atoms with E-state index in [1.165, 1.54) is 0 Å². The number of carboxylic acid groups (broad SMARTS) is 1. The van der Waals surface area contributed by atoms with Crippen molar-refractivity contribution in [2.75, 3.05) is 6.61 Å². The van der Waals surface area contributed by atoms with Crippen molar-refractivity contribution in [3.63, 3.8) is 0 Å². The van der Waals surface area contributed by atoms with Crippen LogP contribution in [0.4, 0.5) is 0 Å². The molecule has 1 atom stereocenters. The zero-order valence-electron chi connectivity index (χ0n) is 7.37. The van der Waals surface area contributed by atoms with Crippen molar-refractivity contribution in [1.29, 1.82) is 0 Å². The maximum Gasteiger partial charge on any atom is 0.323 e. The molecule has 0 aromatic carbocycles. The van der Waals surface area contributed by atoms with Crippen molar-refractivity contribution in [1.82, 2.24) is 5.32 Å². The summed E-state index contributed by atoms with van der Waals surface area (Å²) >= 11 is 0. The molecule has 0 aliphatic carbocycles. The number of nitrogens with one attached hydrogen (secondary N) is 1. The van der Waals surface area contributed by atoms with Gasteiger partial charge in [-0.2, -0.15) is 0 Å². The quantitative estimate of drug-likeness (QED) is 0.511. The molecule has 12 heavy (non-hydrogen) atoms. The molecule has 4 heteroatoms. The first-order valence-corrected chi connectivity index (χ1v) is 3.68. The average Bonchev–Trinajstić information content (AvgIpc) is 2.00. The molecule has 0 saturated heterocycles. The van der Waals surface area contributed by atoms with E-state index < -0.39 is 24.2 Å². The standard InChI is InChI=1S/C8H15NO3/c1-4-8(2,3)9-6(5-10)7(11)12/h4,6,9-10H,1,5H2,2-3H3,(H,11,12). The molecule has 0 amide bonds. The number of hydrogen-bond donors (Lipinski definition) is 3. The highest BCUT2D eigenvalue weighted by molar-refractivity contribution is 5.73. The number of aliphatic hydroxyl groups is 1. The van der Waals surface area contributed by atoms with Crippen LogP contribution >= 0.6 is 0 Å². The smallest absolute Gasteiger partial charge is 0.323 e. The number of aliphatic hydroxyl groups excluding tert-OH is 1. The highest BCUT2D eigenvalue weighted by atomic mass is 16.4. The number of hydrogen-bond acceptors (Lipinski definition) is 3. The lowest BCUT2D eigenvalue weighted by molar-refractivity contribution is -0.140. The molecule has 0 rings (SSSR count). The molecule has 0 fully saturated rings. The molecule has 0 aliphatic heterocycles. The van der Waals surface area contributed by atoms with E-state index in [4.69, 9.17) is 10.2 Å². The lowest BCUT2D eigenvalue weighted by atomic mass is 10.0. The van der Waals surface area contributed by atoms with Gasteiger partial charge in [0.05, 0.1) is 6.61 Å². The summed E-state index contributed by atoms with van der Waals surface area (Å²) in [7, 11) is 0. The third-order valence-electron chi connectivity index (χ3n) is 1.54.